The van der Waals surface area contributed by atoms with Crippen molar-refractivity contribution in [3.63, 3.8) is 0 Å². The summed E-state index contributed by atoms with van der Waals surface area (Å²) in [7, 11) is 1.60. The number of thiocarbonyl (C=S) groups is 1. The molecule has 1 aromatic carbocycles. The molecule has 0 spiro atoms. The quantitative estimate of drug-likeness (QED) is 0.308. The van der Waals surface area contributed by atoms with Gasteiger partial charge in [0.25, 0.3) is 5.69 Å². The molecule has 0 fully saturated rings. The van der Waals surface area contributed by atoms with Crippen LogP contribution in [0, 0.1) is 10.1 Å². The number of hydrazine groups is 1. The summed E-state index contributed by atoms with van der Waals surface area (Å²) < 4.78 is 4.85. The van der Waals surface area contributed by atoms with Crippen LogP contribution >= 0.6 is 12.2 Å². The Morgan fingerprint density at radius 1 is 1.56 bits per heavy atom. The highest BCUT2D eigenvalue weighted by Crippen LogP contribution is 2.15. The van der Waals surface area contributed by atoms with Gasteiger partial charge in [-0.15, -0.1) is 0 Å². The Balaban J connectivity index is 2.41. The van der Waals surface area contributed by atoms with Crippen LogP contribution in [-0.2, 0) is 4.74 Å². The number of hydrogen-bond acceptors (Lipinski definition) is 5. The van der Waals surface area contributed by atoms with Crippen molar-refractivity contribution in [2.75, 3.05) is 25.7 Å². The molecule has 0 saturated heterocycles. The molecule has 0 saturated carbocycles. The number of nitro groups is 1. The fourth-order valence-electron chi connectivity index (χ4n) is 1.14. The summed E-state index contributed by atoms with van der Waals surface area (Å²) in [5.74, 6) is 0. The van der Waals surface area contributed by atoms with Crippen LogP contribution in [0.3, 0.4) is 0 Å². The second-order valence-electron chi connectivity index (χ2n) is 3.31. The standard InChI is InChI=1S/C10H14N4O3S/c1-17-6-5-11-10(18)13-12-8-3-2-4-9(7-8)14(15)16/h2-4,7,12H,5-6H2,1H3,(H2,11,13,18). The van der Waals surface area contributed by atoms with E-state index in [0.29, 0.717) is 24.0 Å². The maximum absolute atomic E-state index is 10.6. The highest BCUT2D eigenvalue weighted by atomic mass is 32.1. The van der Waals surface area contributed by atoms with E-state index in [1.54, 1.807) is 19.2 Å². The van der Waals surface area contributed by atoms with Crippen LogP contribution in [0.5, 0.6) is 0 Å². The molecule has 0 bridgehead atoms. The zero-order valence-electron chi connectivity index (χ0n) is 9.80. The number of nitrogens with one attached hydrogen (secondary N) is 3. The molecule has 0 radical (unpaired) electrons. The molecule has 0 aliphatic carbocycles. The maximum Gasteiger partial charge on any atom is 0.271 e. The van der Waals surface area contributed by atoms with Gasteiger partial charge in [-0.3, -0.25) is 21.0 Å². The number of nitro benzene ring substituents is 1. The lowest BCUT2D eigenvalue weighted by atomic mass is 10.3. The smallest absolute Gasteiger partial charge is 0.271 e. The molecule has 0 unspecified atom stereocenters. The minimum Gasteiger partial charge on any atom is -0.383 e. The number of methoxy groups -OCH3 is 1. The van der Waals surface area contributed by atoms with Crippen LogP contribution in [0.25, 0.3) is 0 Å². The van der Waals surface area contributed by atoms with Crippen LogP contribution in [0.15, 0.2) is 24.3 Å². The predicted octanol–water partition coefficient (Wildman–Crippen LogP) is 1.03. The molecular weight excluding hydrogens is 256 g/mol. The fourth-order valence-corrected chi connectivity index (χ4v) is 1.29. The Morgan fingerprint density at radius 3 is 3.00 bits per heavy atom. The van der Waals surface area contributed by atoms with Crippen molar-refractivity contribution >= 4 is 28.7 Å². The lowest BCUT2D eigenvalue weighted by Gasteiger charge is -2.11. The van der Waals surface area contributed by atoms with Crippen LogP contribution in [-0.4, -0.2) is 30.3 Å². The van der Waals surface area contributed by atoms with Crippen molar-refractivity contribution in [1.29, 1.82) is 0 Å². The molecule has 0 amide bonds. The Bertz CT molecular complexity index is 427. The minimum absolute atomic E-state index is 0.0139. The first-order valence-corrected chi connectivity index (χ1v) is 5.57. The van der Waals surface area contributed by atoms with Gasteiger partial charge in [0, 0.05) is 25.8 Å². The van der Waals surface area contributed by atoms with Crippen LogP contribution in [0.1, 0.15) is 0 Å². The summed E-state index contributed by atoms with van der Waals surface area (Å²) in [6, 6.07) is 6.10. The summed E-state index contributed by atoms with van der Waals surface area (Å²) in [6.45, 7) is 1.12. The molecule has 7 nitrogen and oxygen atoms in total. The van der Waals surface area contributed by atoms with E-state index in [2.05, 4.69) is 16.2 Å². The molecule has 98 valence electrons. The molecule has 0 aliphatic rings. The average molecular weight is 270 g/mol. The van der Waals surface area contributed by atoms with Crippen molar-refractivity contribution in [1.82, 2.24) is 10.7 Å². The first-order chi connectivity index (χ1) is 8.63. The molecule has 0 heterocycles. The van der Waals surface area contributed by atoms with Gasteiger partial charge in [-0.2, -0.15) is 0 Å². The van der Waals surface area contributed by atoms with E-state index in [1.807, 2.05) is 0 Å². The molecule has 0 atom stereocenters. The number of benzene rings is 1. The second kappa shape index (κ2) is 7.41. The van der Waals surface area contributed by atoms with Gasteiger partial charge in [-0.25, -0.2) is 0 Å². The van der Waals surface area contributed by atoms with E-state index in [0.717, 1.165) is 0 Å². The molecular formula is C10H14N4O3S. The number of rotatable bonds is 6. The third-order valence-electron chi connectivity index (χ3n) is 1.97. The van der Waals surface area contributed by atoms with Crippen molar-refractivity contribution in [3.8, 4) is 0 Å². The van der Waals surface area contributed by atoms with Crippen LogP contribution < -0.4 is 16.2 Å². The Labute approximate surface area is 110 Å². The van der Waals surface area contributed by atoms with E-state index in [1.165, 1.54) is 12.1 Å². The molecule has 1 aromatic rings. The Hall–Kier alpha value is -1.93. The topological polar surface area (TPSA) is 88.5 Å². The van der Waals surface area contributed by atoms with Gasteiger partial charge in [0.05, 0.1) is 17.2 Å². The van der Waals surface area contributed by atoms with Crippen molar-refractivity contribution in [2.24, 2.45) is 0 Å². The Kier molecular flexibility index (Phi) is 5.81. The van der Waals surface area contributed by atoms with Gasteiger partial charge in [-0.05, 0) is 18.3 Å². The summed E-state index contributed by atoms with van der Waals surface area (Å²) in [6.07, 6.45) is 0. The lowest BCUT2D eigenvalue weighted by Crippen LogP contribution is -2.40. The molecule has 3 N–H and O–H groups in total. The summed E-state index contributed by atoms with van der Waals surface area (Å²) in [5, 5.41) is 13.8. The predicted molar refractivity (Wildman–Crippen MR) is 72.3 cm³/mol. The maximum atomic E-state index is 10.6. The van der Waals surface area contributed by atoms with Gasteiger partial charge < -0.3 is 10.1 Å². The first-order valence-electron chi connectivity index (χ1n) is 5.16. The van der Waals surface area contributed by atoms with Crippen molar-refractivity contribution in [2.45, 2.75) is 0 Å². The summed E-state index contributed by atoms with van der Waals surface area (Å²) in [5.41, 5.74) is 6.05. The molecule has 0 aromatic heterocycles. The van der Waals surface area contributed by atoms with Gasteiger partial charge in [0.15, 0.2) is 5.11 Å². The van der Waals surface area contributed by atoms with Crippen LogP contribution in [0.2, 0.25) is 0 Å². The van der Waals surface area contributed by atoms with E-state index in [4.69, 9.17) is 17.0 Å². The molecule has 0 aliphatic heterocycles. The number of anilines is 1. The monoisotopic (exact) mass is 270 g/mol. The van der Waals surface area contributed by atoms with Crippen molar-refractivity contribution < 1.29 is 9.66 Å². The van der Waals surface area contributed by atoms with Crippen LogP contribution in [0.4, 0.5) is 11.4 Å². The number of nitrogens with zero attached hydrogens (tertiary/aromatic N) is 1. The highest BCUT2D eigenvalue weighted by molar-refractivity contribution is 7.80. The third kappa shape index (κ3) is 4.93. The van der Waals surface area contributed by atoms with Gasteiger partial charge in [-0.1, -0.05) is 6.07 Å². The first kappa shape index (κ1) is 14.1. The molecule has 18 heavy (non-hydrogen) atoms. The number of ether oxygens (including phenoxy) is 1. The largest absolute Gasteiger partial charge is 0.383 e. The zero-order valence-corrected chi connectivity index (χ0v) is 10.6. The van der Waals surface area contributed by atoms with Gasteiger partial charge in [0.2, 0.25) is 0 Å². The minimum atomic E-state index is -0.458. The third-order valence-corrected chi connectivity index (χ3v) is 2.22. The average Bonchev–Trinajstić information content (AvgIpc) is 2.37. The molecule has 8 heteroatoms. The van der Waals surface area contributed by atoms with Gasteiger partial charge >= 0.3 is 0 Å². The fraction of sp³-hybridized carbons (Fsp3) is 0.300. The van der Waals surface area contributed by atoms with E-state index < -0.39 is 4.92 Å². The number of non-ortho nitro benzene ring substituents is 1. The summed E-state index contributed by atoms with van der Waals surface area (Å²) >= 11 is 4.98. The lowest BCUT2D eigenvalue weighted by molar-refractivity contribution is -0.384. The summed E-state index contributed by atoms with van der Waals surface area (Å²) in [4.78, 5) is 10.1. The normalized spacial score (nSPS) is 9.61. The molecule has 1 rings (SSSR count). The zero-order chi connectivity index (χ0) is 13.4. The van der Waals surface area contributed by atoms with E-state index in [9.17, 15) is 10.1 Å². The second-order valence-corrected chi connectivity index (χ2v) is 3.71. The van der Waals surface area contributed by atoms with Crippen molar-refractivity contribution in [3.05, 3.63) is 34.4 Å². The van der Waals surface area contributed by atoms with E-state index >= 15 is 0 Å². The number of hydrogen-bond donors (Lipinski definition) is 3. The van der Waals surface area contributed by atoms with Gasteiger partial charge in [0.1, 0.15) is 0 Å². The highest BCUT2D eigenvalue weighted by Gasteiger charge is 2.05. The van der Waals surface area contributed by atoms with E-state index in [-0.39, 0.29) is 5.69 Å². The SMILES string of the molecule is COCCNC(=S)NNc1cccc([N+](=O)[O-])c1. The Morgan fingerprint density at radius 2 is 2.33 bits per heavy atom.